The zero-order chi connectivity index (χ0) is 17.9. The molecule has 0 aliphatic rings. The maximum Gasteiger partial charge on any atom is 0.218 e. The summed E-state index contributed by atoms with van der Waals surface area (Å²) in [5, 5.41) is 8.75. The molecule has 0 saturated heterocycles. The molecule has 0 radical (unpaired) electrons. The van der Waals surface area contributed by atoms with Crippen LogP contribution < -0.4 is 15.4 Å². The number of pyridine rings is 1. The van der Waals surface area contributed by atoms with Gasteiger partial charge in [0.25, 0.3) is 0 Å². The molecule has 2 aromatic rings. The predicted octanol–water partition coefficient (Wildman–Crippen LogP) is 2.73. The van der Waals surface area contributed by atoms with Crippen LogP contribution in [-0.4, -0.2) is 37.8 Å². The second-order valence-corrected chi connectivity index (χ2v) is 6.39. The largest absolute Gasteiger partial charge is 0.475 e. The zero-order valence-corrected chi connectivity index (χ0v) is 15.9. The molecule has 0 bridgehead atoms. The highest BCUT2D eigenvalue weighted by molar-refractivity contribution is 7.10. The number of aryl methyl sites for hydroxylation is 1. The second kappa shape index (κ2) is 10.7. The highest BCUT2D eigenvalue weighted by Gasteiger charge is 2.06. The Morgan fingerprint density at radius 2 is 2.16 bits per heavy atom. The number of aromatic nitrogens is 1. The molecule has 0 atom stereocenters. The fourth-order valence-corrected chi connectivity index (χ4v) is 3.00. The molecule has 2 rings (SSSR count). The molecule has 25 heavy (non-hydrogen) atoms. The van der Waals surface area contributed by atoms with Gasteiger partial charge < -0.3 is 20.1 Å². The van der Waals surface area contributed by atoms with Crippen LogP contribution in [0.4, 0.5) is 0 Å². The maximum absolute atomic E-state index is 5.66. The van der Waals surface area contributed by atoms with Crippen LogP contribution in [0.5, 0.6) is 5.88 Å². The molecule has 7 heteroatoms. The predicted molar refractivity (Wildman–Crippen MR) is 102 cm³/mol. The molecule has 0 amide bonds. The summed E-state index contributed by atoms with van der Waals surface area (Å²) in [5.41, 5.74) is 2.25. The molecule has 2 heterocycles. The standard InChI is InChI=1S/C18H26N4O2S/c1-4-19-18(22-13-16-14(2)7-11-25-16)21-12-15-6-5-8-20-17(15)24-10-9-23-3/h5-8,11H,4,9-10,12-13H2,1-3H3,(H2,19,21,22). The molecule has 0 unspecified atom stereocenters. The van der Waals surface area contributed by atoms with E-state index < -0.39 is 0 Å². The lowest BCUT2D eigenvalue weighted by molar-refractivity contribution is 0.143. The van der Waals surface area contributed by atoms with Crippen LogP contribution in [-0.2, 0) is 17.8 Å². The average molecular weight is 362 g/mol. The van der Waals surface area contributed by atoms with Crippen molar-refractivity contribution in [1.29, 1.82) is 0 Å². The summed E-state index contributed by atoms with van der Waals surface area (Å²) < 4.78 is 10.7. The van der Waals surface area contributed by atoms with E-state index >= 15 is 0 Å². The minimum atomic E-state index is 0.472. The molecule has 0 aliphatic heterocycles. The number of methoxy groups -OCH3 is 1. The van der Waals surface area contributed by atoms with E-state index in [-0.39, 0.29) is 0 Å². The lowest BCUT2D eigenvalue weighted by Crippen LogP contribution is -2.36. The van der Waals surface area contributed by atoms with Gasteiger partial charge >= 0.3 is 0 Å². The SMILES string of the molecule is CCNC(=NCc1cccnc1OCCOC)NCc1sccc1C. The van der Waals surface area contributed by atoms with Crippen molar-refractivity contribution in [3.8, 4) is 5.88 Å². The zero-order valence-electron chi connectivity index (χ0n) is 15.0. The Balaban J connectivity index is 1.99. The Morgan fingerprint density at radius 3 is 2.88 bits per heavy atom. The average Bonchev–Trinajstić information content (AvgIpc) is 3.03. The molecule has 2 aromatic heterocycles. The van der Waals surface area contributed by atoms with Gasteiger partial charge in [0.2, 0.25) is 5.88 Å². The van der Waals surface area contributed by atoms with E-state index in [1.165, 1.54) is 10.4 Å². The number of hydrogen-bond donors (Lipinski definition) is 2. The van der Waals surface area contributed by atoms with Crippen LogP contribution in [0.3, 0.4) is 0 Å². The minimum Gasteiger partial charge on any atom is -0.475 e. The molecule has 0 aliphatic carbocycles. The Labute approximate surface area is 153 Å². The number of guanidine groups is 1. The first-order chi connectivity index (χ1) is 12.2. The van der Waals surface area contributed by atoms with E-state index in [1.807, 2.05) is 12.1 Å². The summed E-state index contributed by atoms with van der Waals surface area (Å²) in [6.45, 7) is 7.24. The van der Waals surface area contributed by atoms with Crippen LogP contribution in [0.2, 0.25) is 0 Å². The van der Waals surface area contributed by atoms with Crippen LogP contribution in [0.1, 0.15) is 22.9 Å². The van der Waals surface area contributed by atoms with Crippen molar-refractivity contribution in [1.82, 2.24) is 15.6 Å². The van der Waals surface area contributed by atoms with E-state index in [9.17, 15) is 0 Å². The summed E-state index contributed by atoms with van der Waals surface area (Å²) in [5.74, 6) is 1.38. The fourth-order valence-electron chi connectivity index (χ4n) is 2.15. The van der Waals surface area contributed by atoms with E-state index in [0.717, 1.165) is 24.6 Å². The van der Waals surface area contributed by atoms with Crippen molar-refractivity contribution in [3.63, 3.8) is 0 Å². The van der Waals surface area contributed by atoms with Crippen molar-refractivity contribution in [2.75, 3.05) is 26.9 Å². The van der Waals surface area contributed by atoms with Crippen LogP contribution in [0, 0.1) is 6.92 Å². The third-order valence-electron chi connectivity index (χ3n) is 3.51. The Bertz CT molecular complexity index is 673. The number of nitrogens with one attached hydrogen (secondary N) is 2. The van der Waals surface area contributed by atoms with Gasteiger partial charge in [-0.05, 0) is 36.9 Å². The van der Waals surface area contributed by atoms with Gasteiger partial charge in [-0.3, -0.25) is 0 Å². The number of nitrogens with zero attached hydrogens (tertiary/aromatic N) is 2. The molecule has 0 aromatic carbocycles. The summed E-state index contributed by atoms with van der Waals surface area (Å²) in [6, 6.07) is 6.00. The maximum atomic E-state index is 5.66. The molecular weight excluding hydrogens is 336 g/mol. The molecule has 136 valence electrons. The summed E-state index contributed by atoms with van der Waals surface area (Å²) >= 11 is 1.75. The third-order valence-corrected chi connectivity index (χ3v) is 4.54. The highest BCUT2D eigenvalue weighted by atomic mass is 32.1. The normalized spacial score (nSPS) is 11.4. The molecule has 0 saturated carbocycles. The molecular formula is C18H26N4O2S. The van der Waals surface area contributed by atoms with Gasteiger partial charge in [0.1, 0.15) is 6.61 Å². The number of aliphatic imine (C=N–C) groups is 1. The Kier molecular flexibility index (Phi) is 8.21. The number of thiophene rings is 1. The van der Waals surface area contributed by atoms with Crippen molar-refractivity contribution in [2.24, 2.45) is 4.99 Å². The summed E-state index contributed by atoms with van der Waals surface area (Å²) in [6.07, 6.45) is 1.72. The fraction of sp³-hybridized carbons (Fsp3) is 0.444. The Hall–Kier alpha value is -2.12. The lowest BCUT2D eigenvalue weighted by Gasteiger charge is -2.12. The summed E-state index contributed by atoms with van der Waals surface area (Å²) in [7, 11) is 1.65. The number of ether oxygens (including phenoxy) is 2. The van der Waals surface area contributed by atoms with Gasteiger partial charge in [0.15, 0.2) is 5.96 Å². The topological polar surface area (TPSA) is 67.8 Å². The third kappa shape index (κ3) is 6.36. The molecule has 6 nitrogen and oxygen atoms in total. The van der Waals surface area contributed by atoms with Gasteiger partial charge in [0, 0.05) is 30.3 Å². The van der Waals surface area contributed by atoms with Crippen molar-refractivity contribution >= 4 is 17.3 Å². The first kappa shape index (κ1) is 19.2. The molecule has 0 spiro atoms. The second-order valence-electron chi connectivity index (χ2n) is 5.38. The smallest absolute Gasteiger partial charge is 0.218 e. The monoisotopic (exact) mass is 362 g/mol. The Morgan fingerprint density at radius 1 is 1.28 bits per heavy atom. The molecule has 0 fully saturated rings. The summed E-state index contributed by atoms with van der Waals surface area (Å²) in [4.78, 5) is 10.3. The van der Waals surface area contributed by atoms with Crippen LogP contribution in [0.25, 0.3) is 0 Å². The number of rotatable bonds is 9. The van der Waals surface area contributed by atoms with Gasteiger partial charge in [-0.15, -0.1) is 11.3 Å². The first-order valence-corrected chi connectivity index (χ1v) is 9.23. The van der Waals surface area contributed by atoms with Crippen molar-refractivity contribution in [3.05, 3.63) is 45.8 Å². The van der Waals surface area contributed by atoms with E-state index in [4.69, 9.17) is 9.47 Å². The number of hydrogen-bond acceptors (Lipinski definition) is 5. The van der Waals surface area contributed by atoms with E-state index in [2.05, 4.69) is 45.9 Å². The molecule has 2 N–H and O–H groups in total. The van der Waals surface area contributed by atoms with Crippen molar-refractivity contribution < 1.29 is 9.47 Å². The van der Waals surface area contributed by atoms with Crippen LogP contribution >= 0.6 is 11.3 Å². The van der Waals surface area contributed by atoms with E-state index in [1.54, 1.807) is 24.6 Å². The van der Waals surface area contributed by atoms with Crippen LogP contribution in [0.15, 0.2) is 34.8 Å². The van der Waals surface area contributed by atoms with Gasteiger partial charge in [-0.1, -0.05) is 6.07 Å². The first-order valence-electron chi connectivity index (χ1n) is 8.35. The van der Waals surface area contributed by atoms with Crippen molar-refractivity contribution in [2.45, 2.75) is 26.9 Å². The van der Waals surface area contributed by atoms with Gasteiger partial charge in [-0.2, -0.15) is 0 Å². The van der Waals surface area contributed by atoms with Gasteiger partial charge in [-0.25, -0.2) is 9.98 Å². The van der Waals surface area contributed by atoms with E-state index in [0.29, 0.717) is 25.6 Å². The lowest BCUT2D eigenvalue weighted by atomic mass is 10.3. The van der Waals surface area contributed by atoms with Gasteiger partial charge in [0.05, 0.1) is 19.7 Å². The minimum absolute atomic E-state index is 0.472. The highest BCUT2D eigenvalue weighted by Crippen LogP contribution is 2.16. The quantitative estimate of drug-likeness (QED) is 0.408.